The summed E-state index contributed by atoms with van der Waals surface area (Å²) in [5.74, 6) is 1.28. The van der Waals surface area contributed by atoms with Gasteiger partial charge in [-0.25, -0.2) is 0 Å². The first-order valence-electron chi connectivity index (χ1n) is 7.84. The van der Waals surface area contributed by atoms with Crippen LogP contribution in [-0.2, 0) is 4.79 Å². The van der Waals surface area contributed by atoms with Gasteiger partial charge in [-0.05, 0) is 42.8 Å². The Morgan fingerprint density at radius 2 is 1.96 bits per heavy atom. The van der Waals surface area contributed by atoms with Crippen molar-refractivity contribution in [3.05, 3.63) is 53.6 Å². The summed E-state index contributed by atoms with van der Waals surface area (Å²) in [5, 5.41) is 2.70. The largest absolute Gasteiger partial charge is 0.493 e. The van der Waals surface area contributed by atoms with Crippen LogP contribution in [0.1, 0.15) is 15.9 Å². The van der Waals surface area contributed by atoms with E-state index in [0.717, 1.165) is 11.3 Å². The lowest BCUT2D eigenvalue weighted by molar-refractivity contribution is -0.123. The normalized spacial score (nSPS) is 10.0. The Kier molecular flexibility index (Phi) is 6.83. The maximum absolute atomic E-state index is 11.8. The van der Waals surface area contributed by atoms with Gasteiger partial charge in [0.15, 0.2) is 18.1 Å². The lowest BCUT2D eigenvalue weighted by Gasteiger charge is -2.11. The maximum Gasteiger partial charge on any atom is 0.258 e. The molecule has 0 saturated carbocycles. The number of ether oxygens (including phenoxy) is 3. The minimum Gasteiger partial charge on any atom is -0.493 e. The molecule has 0 saturated heterocycles. The van der Waals surface area contributed by atoms with Crippen LogP contribution in [0.4, 0.5) is 0 Å². The van der Waals surface area contributed by atoms with Gasteiger partial charge in [0.2, 0.25) is 0 Å². The second-order valence-electron chi connectivity index (χ2n) is 5.33. The molecule has 0 aliphatic carbocycles. The molecule has 0 unspecified atom stereocenters. The minimum atomic E-state index is -0.286. The zero-order valence-corrected chi connectivity index (χ0v) is 14.3. The molecule has 0 spiro atoms. The monoisotopic (exact) mass is 343 g/mol. The van der Waals surface area contributed by atoms with Crippen molar-refractivity contribution in [3.63, 3.8) is 0 Å². The van der Waals surface area contributed by atoms with E-state index in [9.17, 15) is 9.59 Å². The van der Waals surface area contributed by atoms with Crippen LogP contribution in [0.15, 0.2) is 42.5 Å². The predicted molar refractivity (Wildman–Crippen MR) is 93.6 cm³/mol. The molecular formula is C19H21NO5. The Morgan fingerprint density at radius 3 is 2.68 bits per heavy atom. The number of rotatable bonds is 9. The van der Waals surface area contributed by atoms with Crippen LogP contribution in [0.25, 0.3) is 0 Å². The second kappa shape index (κ2) is 9.32. The van der Waals surface area contributed by atoms with Gasteiger partial charge in [-0.2, -0.15) is 0 Å². The van der Waals surface area contributed by atoms with E-state index in [4.69, 9.17) is 14.2 Å². The standard InChI is InChI=1S/C19H21NO5/c1-14-4-3-5-16(10-14)24-9-8-20-19(22)13-25-18-11-15(12-21)6-7-17(18)23-2/h3-7,10-12H,8-9,13H2,1-2H3,(H,20,22). The molecule has 0 heterocycles. The molecule has 0 aromatic heterocycles. The highest BCUT2D eigenvalue weighted by molar-refractivity contribution is 5.78. The van der Waals surface area contributed by atoms with Crippen LogP contribution in [-0.4, -0.2) is 39.1 Å². The SMILES string of the molecule is COc1ccc(C=O)cc1OCC(=O)NCCOc1cccc(C)c1. The second-order valence-corrected chi connectivity index (χ2v) is 5.33. The Labute approximate surface area is 146 Å². The number of hydrogen-bond donors (Lipinski definition) is 1. The fourth-order valence-corrected chi connectivity index (χ4v) is 2.14. The number of nitrogens with one attached hydrogen (secondary N) is 1. The van der Waals surface area contributed by atoms with E-state index in [1.165, 1.54) is 13.2 Å². The minimum absolute atomic E-state index is 0.177. The van der Waals surface area contributed by atoms with Gasteiger partial charge in [0, 0.05) is 5.56 Å². The summed E-state index contributed by atoms with van der Waals surface area (Å²) >= 11 is 0. The molecule has 0 bridgehead atoms. The summed E-state index contributed by atoms with van der Waals surface area (Å²) in [6.45, 7) is 2.53. The van der Waals surface area contributed by atoms with E-state index in [2.05, 4.69) is 5.32 Å². The van der Waals surface area contributed by atoms with Crippen molar-refractivity contribution in [3.8, 4) is 17.2 Å². The number of aldehydes is 1. The average molecular weight is 343 g/mol. The fraction of sp³-hybridized carbons (Fsp3) is 0.263. The van der Waals surface area contributed by atoms with Gasteiger partial charge in [0.25, 0.3) is 5.91 Å². The molecule has 25 heavy (non-hydrogen) atoms. The number of carbonyl (C=O) groups is 2. The molecule has 0 aliphatic rings. The summed E-state index contributed by atoms with van der Waals surface area (Å²) in [6.07, 6.45) is 0.703. The summed E-state index contributed by atoms with van der Waals surface area (Å²) in [5.41, 5.74) is 1.56. The van der Waals surface area contributed by atoms with Crippen LogP contribution < -0.4 is 19.5 Å². The first-order valence-corrected chi connectivity index (χ1v) is 7.84. The highest BCUT2D eigenvalue weighted by Gasteiger charge is 2.08. The third-order valence-corrected chi connectivity index (χ3v) is 3.37. The van der Waals surface area contributed by atoms with Crippen LogP contribution in [0.5, 0.6) is 17.2 Å². The predicted octanol–water partition coefficient (Wildman–Crippen LogP) is 2.39. The summed E-state index contributed by atoms with van der Waals surface area (Å²) < 4.78 is 16.1. The lowest BCUT2D eigenvalue weighted by Crippen LogP contribution is -2.32. The third kappa shape index (κ3) is 5.84. The van der Waals surface area contributed by atoms with Crippen molar-refractivity contribution >= 4 is 12.2 Å². The van der Waals surface area contributed by atoms with Crippen LogP contribution in [0.2, 0.25) is 0 Å². The smallest absolute Gasteiger partial charge is 0.258 e. The number of carbonyl (C=O) groups excluding carboxylic acids is 2. The molecule has 1 amide bonds. The molecule has 6 heteroatoms. The quantitative estimate of drug-likeness (QED) is 0.559. The van der Waals surface area contributed by atoms with Crippen molar-refractivity contribution in [2.75, 3.05) is 26.9 Å². The highest BCUT2D eigenvalue weighted by atomic mass is 16.5. The topological polar surface area (TPSA) is 73.9 Å². The van der Waals surface area contributed by atoms with E-state index >= 15 is 0 Å². The van der Waals surface area contributed by atoms with Gasteiger partial charge < -0.3 is 19.5 Å². The molecule has 2 aromatic rings. The molecule has 0 fully saturated rings. The first kappa shape index (κ1) is 18.3. The molecule has 1 N–H and O–H groups in total. The molecule has 0 atom stereocenters. The van der Waals surface area contributed by atoms with Crippen molar-refractivity contribution in [1.29, 1.82) is 0 Å². The van der Waals surface area contributed by atoms with Crippen molar-refractivity contribution < 1.29 is 23.8 Å². The Hall–Kier alpha value is -3.02. The number of methoxy groups -OCH3 is 1. The van der Waals surface area contributed by atoms with Crippen molar-refractivity contribution in [2.24, 2.45) is 0 Å². The molecule has 0 aliphatic heterocycles. The first-order chi connectivity index (χ1) is 12.1. The number of amides is 1. The summed E-state index contributed by atoms with van der Waals surface area (Å²) in [4.78, 5) is 22.7. The van der Waals surface area contributed by atoms with Crippen molar-refractivity contribution in [2.45, 2.75) is 6.92 Å². The zero-order chi connectivity index (χ0) is 18.1. The molecule has 2 rings (SSSR count). The van der Waals surface area contributed by atoms with E-state index in [0.29, 0.717) is 36.5 Å². The molecule has 132 valence electrons. The van der Waals surface area contributed by atoms with E-state index < -0.39 is 0 Å². The number of aryl methyl sites for hydroxylation is 1. The Balaban J connectivity index is 1.74. The maximum atomic E-state index is 11.8. The fourth-order valence-electron chi connectivity index (χ4n) is 2.14. The lowest BCUT2D eigenvalue weighted by atomic mass is 10.2. The van der Waals surface area contributed by atoms with Crippen molar-refractivity contribution in [1.82, 2.24) is 5.32 Å². The van der Waals surface area contributed by atoms with Crippen LogP contribution in [0, 0.1) is 6.92 Å². The molecular weight excluding hydrogens is 322 g/mol. The Bertz CT molecular complexity index is 730. The molecule has 2 aromatic carbocycles. The van der Waals surface area contributed by atoms with Gasteiger partial charge in [0.1, 0.15) is 18.6 Å². The third-order valence-electron chi connectivity index (χ3n) is 3.37. The average Bonchev–Trinajstić information content (AvgIpc) is 2.63. The Morgan fingerprint density at radius 1 is 1.12 bits per heavy atom. The summed E-state index contributed by atoms with van der Waals surface area (Å²) in [7, 11) is 1.49. The van der Waals surface area contributed by atoms with E-state index in [1.54, 1.807) is 12.1 Å². The summed E-state index contributed by atoms with van der Waals surface area (Å²) in [6, 6.07) is 12.5. The number of benzene rings is 2. The van der Waals surface area contributed by atoms with E-state index in [1.807, 2.05) is 31.2 Å². The molecule has 6 nitrogen and oxygen atoms in total. The van der Waals surface area contributed by atoms with Gasteiger partial charge in [-0.1, -0.05) is 12.1 Å². The number of hydrogen-bond acceptors (Lipinski definition) is 5. The molecule has 0 radical (unpaired) electrons. The van der Waals surface area contributed by atoms with Gasteiger partial charge in [-0.3, -0.25) is 9.59 Å². The van der Waals surface area contributed by atoms with E-state index in [-0.39, 0.29) is 12.5 Å². The van der Waals surface area contributed by atoms with Gasteiger partial charge in [0.05, 0.1) is 13.7 Å². The zero-order valence-electron chi connectivity index (χ0n) is 14.3. The van der Waals surface area contributed by atoms with Gasteiger partial charge >= 0.3 is 0 Å². The highest BCUT2D eigenvalue weighted by Crippen LogP contribution is 2.27. The van der Waals surface area contributed by atoms with Crippen LogP contribution >= 0.6 is 0 Å². The van der Waals surface area contributed by atoms with Gasteiger partial charge in [-0.15, -0.1) is 0 Å². The van der Waals surface area contributed by atoms with Crippen LogP contribution in [0.3, 0.4) is 0 Å².